The third kappa shape index (κ3) is 5.74. The number of para-hydroxylation sites is 1. The number of anilines is 1. The Kier molecular flexibility index (Phi) is 6.11. The zero-order chi connectivity index (χ0) is 20.1. The minimum Gasteiger partial charge on any atom is -0.406 e. The van der Waals surface area contributed by atoms with Crippen LogP contribution in [0.2, 0.25) is 0 Å². The number of hydrogen-bond donors (Lipinski definition) is 2. The van der Waals surface area contributed by atoms with E-state index in [4.69, 9.17) is 0 Å². The van der Waals surface area contributed by atoms with E-state index in [1.807, 2.05) is 0 Å². The maximum atomic E-state index is 12.5. The Hall–Kier alpha value is -3.01. The summed E-state index contributed by atoms with van der Waals surface area (Å²) in [6.45, 7) is 3.67. The molecule has 0 atom stereocenters. The van der Waals surface area contributed by atoms with Crippen molar-refractivity contribution in [3.8, 4) is 5.75 Å². The fourth-order valence-corrected chi connectivity index (χ4v) is 3.13. The van der Waals surface area contributed by atoms with Gasteiger partial charge in [0.25, 0.3) is 15.9 Å². The second kappa shape index (κ2) is 8.12. The minimum absolute atomic E-state index is 0.0229. The molecule has 144 valence electrons. The first-order valence-corrected chi connectivity index (χ1v) is 8.97. The minimum atomic E-state index is -4.88. The lowest BCUT2D eigenvalue weighted by atomic mass is 10.1. The van der Waals surface area contributed by atoms with Crippen LogP contribution in [-0.4, -0.2) is 27.2 Å². The van der Waals surface area contributed by atoms with Gasteiger partial charge >= 0.3 is 6.36 Å². The number of amides is 1. The van der Waals surface area contributed by atoms with Gasteiger partial charge in [-0.25, -0.2) is 8.42 Å². The molecule has 0 aliphatic carbocycles. The average molecular weight is 400 g/mol. The number of nitrogens with one attached hydrogen (secondary N) is 2. The van der Waals surface area contributed by atoms with Gasteiger partial charge in [-0.1, -0.05) is 18.2 Å². The summed E-state index contributed by atoms with van der Waals surface area (Å²) < 4.78 is 67.4. The van der Waals surface area contributed by atoms with E-state index < -0.39 is 28.0 Å². The van der Waals surface area contributed by atoms with Crippen LogP contribution in [0.25, 0.3) is 0 Å². The Bertz CT molecular complexity index is 926. The molecule has 0 unspecified atom stereocenters. The number of sulfonamides is 1. The number of ether oxygens (including phenoxy) is 1. The van der Waals surface area contributed by atoms with Crippen LogP contribution in [0.15, 0.2) is 66.1 Å². The molecule has 0 aliphatic rings. The van der Waals surface area contributed by atoms with E-state index in [0.717, 1.165) is 24.3 Å². The molecule has 0 aromatic heterocycles. The highest BCUT2D eigenvalue weighted by Gasteiger charge is 2.31. The average Bonchev–Trinajstić information content (AvgIpc) is 2.59. The lowest BCUT2D eigenvalue weighted by molar-refractivity contribution is -0.274. The lowest BCUT2D eigenvalue weighted by Gasteiger charge is -2.13. The number of benzene rings is 2. The van der Waals surface area contributed by atoms with Crippen molar-refractivity contribution in [1.82, 2.24) is 5.32 Å². The molecule has 1 amide bonds. The predicted molar refractivity (Wildman–Crippen MR) is 92.9 cm³/mol. The number of alkyl halides is 3. The molecule has 0 radical (unpaired) electrons. The van der Waals surface area contributed by atoms with Gasteiger partial charge in [0, 0.05) is 6.54 Å². The van der Waals surface area contributed by atoms with Crippen LogP contribution in [-0.2, 0) is 10.0 Å². The summed E-state index contributed by atoms with van der Waals surface area (Å²) >= 11 is 0. The molecule has 6 nitrogen and oxygen atoms in total. The molecule has 2 aromatic carbocycles. The standard InChI is InChI=1S/C17H15F3N2O4S/c1-2-11-21-16(23)14-5-3-4-6-15(14)22-27(24,25)13-9-7-12(8-10-13)26-17(18,19)20/h2-10,22H,1,11H2,(H,21,23). The largest absolute Gasteiger partial charge is 0.573 e. The van der Waals surface area contributed by atoms with Crippen molar-refractivity contribution >= 4 is 21.6 Å². The maximum Gasteiger partial charge on any atom is 0.573 e. The van der Waals surface area contributed by atoms with Crippen molar-refractivity contribution in [3.05, 3.63) is 66.7 Å². The molecule has 0 aliphatic heterocycles. The summed E-state index contributed by atoms with van der Waals surface area (Å²) in [5.74, 6) is -1.06. The normalized spacial score (nSPS) is 11.5. The molecule has 27 heavy (non-hydrogen) atoms. The molecule has 0 saturated heterocycles. The smallest absolute Gasteiger partial charge is 0.406 e. The zero-order valence-corrected chi connectivity index (χ0v) is 14.6. The molecule has 0 heterocycles. The summed E-state index contributed by atoms with van der Waals surface area (Å²) in [6.07, 6.45) is -3.41. The van der Waals surface area contributed by atoms with Crippen molar-refractivity contribution in [1.29, 1.82) is 0 Å². The monoisotopic (exact) mass is 400 g/mol. The molecule has 2 N–H and O–H groups in total. The number of halogens is 3. The highest BCUT2D eigenvalue weighted by Crippen LogP contribution is 2.25. The van der Waals surface area contributed by atoms with Gasteiger partial charge in [-0.05, 0) is 36.4 Å². The highest BCUT2D eigenvalue weighted by molar-refractivity contribution is 7.92. The number of hydrogen-bond acceptors (Lipinski definition) is 4. The van der Waals surface area contributed by atoms with Gasteiger partial charge in [-0.15, -0.1) is 19.8 Å². The Morgan fingerprint density at radius 2 is 1.74 bits per heavy atom. The summed E-state index contributed by atoms with van der Waals surface area (Å²) in [5, 5.41) is 2.53. The third-order valence-electron chi connectivity index (χ3n) is 3.19. The predicted octanol–water partition coefficient (Wildman–Crippen LogP) is 3.30. The highest BCUT2D eigenvalue weighted by atomic mass is 32.2. The molecule has 0 bridgehead atoms. The van der Waals surface area contributed by atoms with E-state index in [2.05, 4.69) is 21.4 Å². The molecule has 2 aromatic rings. The van der Waals surface area contributed by atoms with Gasteiger partial charge in [0.15, 0.2) is 0 Å². The van der Waals surface area contributed by atoms with E-state index in [0.29, 0.717) is 0 Å². The summed E-state index contributed by atoms with van der Waals surface area (Å²) in [4.78, 5) is 11.8. The topological polar surface area (TPSA) is 84.5 Å². The second-order valence-electron chi connectivity index (χ2n) is 5.17. The van der Waals surface area contributed by atoms with Crippen LogP contribution in [0, 0.1) is 0 Å². The van der Waals surface area contributed by atoms with Crippen molar-refractivity contribution in [2.75, 3.05) is 11.3 Å². The number of carbonyl (C=O) groups excluding carboxylic acids is 1. The maximum absolute atomic E-state index is 12.5. The Balaban J connectivity index is 2.24. The first-order valence-electron chi connectivity index (χ1n) is 7.49. The SMILES string of the molecule is C=CCNC(=O)c1ccccc1NS(=O)(=O)c1ccc(OC(F)(F)F)cc1. The van der Waals surface area contributed by atoms with Crippen LogP contribution < -0.4 is 14.8 Å². The Labute approximate surface area is 153 Å². The first-order chi connectivity index (χ1) is 12.6. The van der Waals surface area contributed by atoms with E-state index in [1.165, 1.54) is 24.3 Å². The summed E-state index contributed by atoms with van der Waals surface area (Å²) in [5.41, 5.74) is 0.106. The summed E-state index contributed by atoms with van der Waals surface area (Å²) in [7, 11) is -4.14. The quantitative estimate of drug-likeness (QED) is 0.699. The number of rotatable bonds is 7. The van der Waals surface area contributed by atoms with Gasteiger partial charge in [0.2, 0.25) is 0 Å². The van der Waals surface area contributed by atoms with Gasteiger partial charge in [0.1, 0.15) is 5.75 Å². The van der Waals surface area contributed by atoms with Crippen LogP contribution in [0.1, 0.15) is 10.4 Å². The third-order valence-corrected chi connectivity index (χ3v) is 4.57. The van der Waals surface area contributed by atoms with E-state index in [1.54, 1.807) is 6.07 Å². The molecule has 10 heteroatoms. The molecule has 0 spiro atoms. The summed E-state index contributed by atoms with van der Waals surface area (Å²) in [6, 6.07) is 9.59. The van der Waals surface area contributed by atoms with Crippen LogP contribution in [0.3, 0.4) is 0 Å². The fourth-order valence-electron chi connectivity index (χ4n) is 2.05. The molecular weight excluding hydrogens is 385 g/mol. The second-order valence-corrected chi connectivity index (χ2v) is 6.85. The van der Waals surface area contributed by atoms with Gasteiger partial charge in [-0.2, -0.15) is 0 Å². The zero-order valence-electron chi connectivity index (χ0n) is 13.8. The van der Waals surface area contributed by atoms with Crippen LogP contribution in [0.4, 0.5) is 18.9 Å². The molecule has 2 rings (SSSR count). The van der Waals surface area contributed by atoms with Gasteiger partial charge in [0.05, 0.1) is 16.1 Å². The molecular formula is C17H15F3N2O4S. The first kappa shape index (κ1) is 20.3. The van der Waals surface area contributed by atoms with Crippen LogP contribution in [0.5, 0.6) is 5.75 Å². The van der Waals surface area contributed by atoms with E-state index in [9.17, 15) is 26.4 Å². The molecule has 0 fully saturated rings. The van der Waals surface area contributed by atoms with E-state index >= 15 is 0 Å². The van der Waals surface area contributed by atoms with Crippen molar-refractivity contribution in [2.45, 2.75) is 11.3 Å². The van der Waals surface area contributed by atoms with E-state index in [-0.39, 0.29) is 22.7 Å². The van der Waals surface area contributed by atoms with Crippen molar-refractivity contribution in [3.63, 3.8) is 0 Å². The van der Waals surface area contributed by atoms with Gasteiger partial charge < -0.3 is 10.1 Å². The number of carbonyl (C=O) groups is 1. The molecule has 0 saturated carbocycles. The van der Waals surface area contributed by atoms with Crippen LogP contribution >= 0.6 is 0 Å². The Morgan fingerprint density at radius 3 is 2.33 bits per heavy atom. The lowest BCUT2D eigenvalue weighted by Crippen LogP contribution is -2.25. The van der Waals surface area contributed by atoms with Crippen molar-refractivity contribution in [2.24, 2.45) is 0 Å². The van der Waals surface area contributed by atoms with Gasteiger partial charge in [-0.3, -0.25) is 9.52 Å². The Morgan fingerprint density at radius 1 is 1.11 bits per heavy atom. The van der Waals surface area contributed by atoms with Crippen molar-refractivity contribution < 1.29 is 31.1 Å². The fraction of sp³-hybridized carbons (Fsp3) is 0.118.